The molecule has 0 spiro atoms. The van der Waals surface area contributed by atoms with Crippen LogP contribution in [0.1, 0.15) is 43.7 Å². The number of hydrogen-bond donors (Lipinski definition) is 1. The predicted octanol–water partition coefficient (Wildman–Crippen LogP) is 4.82. The van der Waals surface area contributed by atoms with Gasteiger partial charge in [0.15, 0.2) is 5.75 Å². The van der Waals surface area contributed by atoms with Crippen molar-refractivity contribution in [2.75, 3.05) is 0 Å². The Morgan fingerprint density at radius 2 is 1.44 bits per heavy atom. The Hall–Kier alpha value is -3.78. The summed E-state index contributed by atoms with van der Waals surface area (Å²) in [5, 5.41) is 3.82. The Morgan fingerprint density at radius 3 is 1.97 bits per heavy atom. The Bertz CT molecular complexity index is 1250. The van der Waals surface area contributed by atoms with Crippen molar-refractivity contribution in [3.8, 4) is 28.9 Å². The van der Waals surface area contributed by atoms with Crippen LogP contribution in [0.5, 0.6) is 17.2 Å². The van der Waals surface area contributed by atoms with Gasteiger partial charge < -0.3 is 19.7 Å². The molecule has 0 saturated heterocycles. The summed E-state index contributed by atoms with van der Waals surface area (Å²) < 4.78 is 16.9. The third-order valence-electron chi connectivity index (χ3n) is 6.18. The van der Waals surface area contributed by atoms with E-state index in [1.165, 1.54) is 11.1 Å². The van der Waals surface area contributed by atoms with E-state index >= 15 is 0 Å². The summed E-state index contributed by atoms with van der Waals surface area (Å²) in [4.78, 5) is 12.6. The van der Waals surface area contributed by atoms with E-state index in [2.05, 4.69) is 58.2 Å². The number of nitrogens with two attached hydrogens (primary N) is 1. The summed E-state index contributed by atoms with van der Waals surface area (Å²) in [6, 6.07) is 16.7. The number of ether oxygens (including phenoxy) is 2. The highest BCUT2D eigenvalue weighted by molar-refractivity contribution is 5.44. The van der Waals surface area contributed by atoms with Gasteiger partial charge >= 0.3 is 0 Å². The van der Waals surface area contributed by atoms with E-state index in [9.17, 15) is 0 Å². The van der Waals surface area contributed by atoms with Gasteiger partial charge in [0.25, 0.3) is 0 Å². The van der Waals surface area contributed by atoms with Crippen molar-refractivity contribution in [3.05, 3.63) is 77.9 Å². The second-order valence-corrected chi connectivity index (χ2v) is 9.13. The molecular formula is C26H27N5O3. The van der Waals surface area contributed by atoms with Crippen molar-refractivity contribution < 1.29 is 14.0 Å². The van der Waals surface area contributed by atoms with Gasteiger partial charge in [-0.15, -0.1) is 0 Å². The summed E-state index contributed by atoms with van der Waals surface area (Å²) in [5.74, 6) is 3.32. The SMILES string of the molecule is Cc1nc(-c2ncc(Oc3ccc(C(C)(C)c4ccc(OC5CC(N)C5)cc4)cc3)cn2)no1. The van der Waals surface area contributed by atoms with Crippen LogP contribution in [0, 0.1) is 6.92 Å². The van der Waals surface area contributed by atoms with Gasteiger partial charge in [0, 0.05) is 18.4 Å². The van der Waals surface area contributed by atoms with Crippen LogP contribution in [0.3, 0.4) is 0 Å². The second-order valence-electron chi connectivity index (χ2n) is 9.13. The molecule has 0 amide bonds. The van der Waals surface area contributed by atoms with Crippen molar-refractivity contribution in [1.82, 2.24) is 20.1 Å². The Kier molecular flexibility index (Phi) is 5.75. The van der Waals surface area contributed by atoms with E-state index < -0.39 is 0 Å². The minimum absolute atomic E-state index is 0.177. The first kappa shape index (κ1) is 22.0. The van der Waals surface area contributed by atoms with Crippen molar-refractivity contribution in [1.29, 1.82) is 0 Å². The molecule has 34 heavy (non-hydrogen) atoms. The predicted molar refractivity (Wildman–Crippen MR) is 127 cm³/mol. The molecule has 0 unspecified atom stereocenters. The van der Waals surface area contributed by atoms with Gasteiger partial charge in [-0.3, -0.25) is 0 Å². The standard InChI is InChI=1S/C26H27N5O3/c1-16-30-25(31-34-16)24-28-14-23(15-29-24)33-21-10-6-18(7-11-21)26(2,3)17-4-8-20(9-5-17)32-22-12-19(27)13-22/h4-11,14-15,19,22H,12-13,27H2,1-3H3. The maximum Gasteiger partial charge on any atom is 0.240 e. The van der Waals surface area contributed by atoms with Gasteiger partial charge in [0.05, 0.1) is 12.4 Å². The van der Waals surface area contributed by atoms with E-state index in [0.717, 1.165) is 18.6 Å². The number of benzene rings is 2. The van der Waals surface area contributed by atoms with Crippen molar-refractivity contribution >= 4 is 0 Å². The normalized spacial score (nSPS) is 17.8. The van der Waals surface area contributed by atoms with Crippen LogP contribution >= 0.6 is 0 Å². The third kappa shape index (κ3) is 4.63. The molecule has 4 aromatic rings. The molecule has 174 valence electrons. The van der Waals surface area contributed by atoms with E-state index in [1.807, 2.05) is 24.3 Å². The molecule has 1 aliphatic carbocycles. The summed E-state index contributed by atoms with van der Waals surface area (Å²) >= 11 is 0. The maximum absolute atomic E-state index is 5.98. The zero-order valence-electron chi connectivity index (χ0n) is 19.4. The molecule has 0 bridgehead atoms. The monoisotopic (exact) mass is 457 g/mol. The third-order valence-corrected chi connectivity index (χ3v) is 6.18. The topological polar surface area (TPSA) is 109 Å². The summed E-state index contributed by atoms with van der Waals surface area (Å²) in [7, 11) is 0. The highest BCUT2D eigenvalue weighted by Gasteiger charge is 2.28. The Balaban J connectivity index is 1.24. The molecule has 0 aliphatic heterocycles. The fourth-order valence-electron chi connectivity index (χ4n) is 3.96. The fourth-order valence-corrected chi connectivity index (χ4v) is 3.96. The van der Waals surface area contributed by atoms with E-state index in [1.54, 1.807) is 19.3 Å². The highest BCUT2D eigenvalue weighted by atomic mass is 16.5. The van der Waals surface area contributed by atoms with Crippen LogP contribution in [0.15, 0.2) is 65.4 Å². The first-order valence-electron chi connectivity index (χ1n) is 11.3. The van der Waals surface area contributed by atoms with Crippen LogP contribution in [-0.2, 0) is 5.41 Å². The van der Waals surface area contributed by atoms with Gasteiger partial charge in [-0.2, -0.15) is 4.98 Å². The number of aryl methyl sites for hydroxylation is 1. The fraction of sp³-hybridized carbons (Fsp3) is 0.308. The summed E-state index contributed by atoms with van der Waals surface area (Å²) in [5.41, 5.74) is 8.06. The molecule has 2 heterocycles. The number of rotatable bonds is 7. The number of aromatic nitrogens is 4. The molecular weight excluding hydrogens is 430 g/mol. The van der Waals surface area contributed by atoms with Crippen LogP contribution in [0.25, 0.3) is 11.6 Å². The second kappa shape index (κ2) is 8.87. The summed E-state index contributed by atoms with van der Waals surface area (Å²) in [6.45, 7) is 6.13. The Labute approximate surface area is 198 Å². The van der Waals surface area contributed by atoms with Crippen LogP contribution in [0.4, 0.5) is 0 Å². The highest BCUT2D eigenvalue weighted by Crippen LogP contribution is 2.34. The molecule has 2 aromatic carbocycles. The van der Waals surface area contributed by atoms with E-state index in [0.29, 0.717) is 29.0 Å². The molecule has 2 N–H and O–H groups in total. The molecule has 1 saturated carbocycles. The molecule has 8 nitrogen and oxygen atoms in total. The number of hydrogen-bond acceptors (Lipinski definition) is 8. The average molecular weight is 458 g/mol. The molecule has 5 rings (SSSR count). The molecule has 1 fully saturated rings. The summed E-state index contributed by atoms with van der Waals surface area (Å²) in [6.07, 6.45) is 5.28. The Morgan fingerprint density at radius 1 is 0.853 bits per heavy atom. The largest absolute Gasteiger partial charge is 0.490 e. The molecule has 2 aromatic heterocycles. The quantitative estimate of drug-likeness (QED) is 0.421. The molecule has 1 aliphatic rings. The van der Waals surface area contributed by atoms with Gasteiger partial charge in [-0.25, -0.2) is 9.97 Å². The lowest BCUT2D eigenvalue weighted by Gasteiger charge is -2.33. The first-order valence-corrected chi connectivity index (χ1v) is 11.3. The average Bonchev–Trinajstić information content (AvgIpc) is 3.25. The lowest BCUT2D eigenvalue weighted by Crippen LogP contribution is -2.43. The van der Waals surface area contributed by atoms with Crippen LogP contribution < -0.4 is 15.2 Å². The molecule has 0 atom stereocenters. The molecule has 0 radical (unpaired) electrons. The zero-order chi connectivity index (χ0) is 23.7. The van der Waals surface area contributed by atoms with Crippen molar-refractivity contribution in [2.45, 2.75) is 51.2 Å². The van der Waals surface area contributed by atoms with Crippen molar-refractivity contribution in [2.24, 2.45) is 5.73 Å². The van der Waals surface area contributed by atoms with Crippen molar-refractivity contribution in [3.63, 3.8) is 0 Å². The van der Waals surface area contributed by atoms with Crippen LogP contribution in [-0.4, -0.2) is 32.3 Å². The maximum atomic E-state index is 5.98. The van der Waals surface area contributed by atoms with E-state index in [4.69, 9.17) is 19.7 Å². The lowest BCUT2D eigenvalue weighted by molar-refractivity contribution is 0.101. The smallest absolute Gasteiger partial charge is 0.240 e. The zero-order valence-corrected chi connectivity index (χ0v) is 19.4. The number of nitrogens with zero attached hydrogens (tertiary/aromatic N) is 4. The lowest BCUT2D eigenvalue weighted by atomic mass is 9.78. The van der Waals surface area contributed by atoms with Gasteiger partial charge in [-0.05, 0) is 48.2 Å². The van der Waals surface area contributed by atoms with Crippen LogP contribution in [0.2, 0.25) is 0 Å². The van der Waals surface area contributed by atoms with Gasteiger partial charge in [0.2, 0.25) is 17.5 Å². The van der Waals surface area contributed by atoms with Gasteiger partial charge in [0.1, 0.15) is 17.6 Å². The first-order chi connectivity index (χ1) is 16.4. The van der Waals surface area contributed by atoms with Gasteiger partial charge in [-0.1, -0.05) is 43.3 Å². The van der Waals surface area contributed by atoms with E-state index in [-0.39, 0.29) is 17.6 Å². The minimum Gasteiger partial charge on any atom is -0.490 e. The molecule has 8 heteroatoms. The minimum atomic E-state index is -0.177.